The second kappa shape index (κ2) is 7.63. The molecule has 6 nitrogen and oxygen atoms in total. The highest BCUT2D eigenvalue weighted by Gasteiger charge is 2.50. The maximum Gasteiger partial charge on any atom is 0.325 e. The molecular formula is C22H17Cl2N3O3. The molecule has 0 radical (unpaired) electrons. The number of urea groups is 1. The van der Waals surface area contributed by atoms with Gasteiger partial charge in [-0.1, -0.05) is 71.7 Å². The molecule has 1 aliphatic rings. The first-order chi connectivity index (χ1) is 14.3. The van der Waals surface area contributed by atoms with Gasteiger partial charge in [-0.25, -0.2) is 4.79 Å². The molecule has 1 unspecified atom stereocenters. The maximum atomic E-state index is 13.2. The van der Waals surface area contributed by atoms with Crippen molar-refractivity contribution in [2.75, 3.05) is 11.9 Å². The van der Waals surface area contributed by atoms with Gasteiger partial charge in [0.1, 0.15) is 12.1 Å². The summed E-state index contributed by atoms with van der Waals surface area (Å²) in [4.78, 5) is 39.2. The fourth-order valence-electron chi connectivity index (χ4n) is 3.62. The van der Waals surface area contributed by atoms with Gasteiger partial charge in [0, 0.05) is 0 Å². The van der Waals surface area contributed by atoms with Crippen LogP contribution in [0, 0.1) is 0 Å². The van der Waals surface area contributed by atoms with Gasteiger partial charge < -0.3 is 10.6 Å². The normalized spacial score (nSPS) is 18.6. The summed E-state index contributed by atoms with van der Waals surface area (Å²) >= 11 is 12.0. The highest BCUT2D eigenvalue weighted by atomic mass is 35.5. The van der Waals surface area contributed by atoms with E-state index in [1.54, 1.807) is 31.2 Å². The van der Waals surface area contributed by atoms with Crippen LogP contribution in [0.15, 0.2) is 60.7 Å². The van der Waals surface area contributed by atoms with Crippen molar-refractivity contribution in [2.24, 2.45) is 0 Å². The Balaban J connectivity index is 1.59. The van der Waals surface area contributed by atoms with Crippen LogP contribution in [-0.4, -0.2) is 29.3 Å². The number of hydrogen-bond donors (Lipinski definition) is 2. The third-order valence-electron chi connectivity index (χ3n) is 5.13. The second-order valence-electron chi connectivity index (χ2n) is 7.12. The molecule has 30 heavy (non-hydrogen) atoms. The van der Waals surface area contributed by atoms with E-state index in [0.29, 0.717) is 11.3 Å². The first-order valence-electron chi connectivity index (χ1n) is 9.17. The SMILES string of the molecule is CC1(c2cccc3ccccc23)NC(=O)N(CC(=O)Nc2cccc(Cl)c2Cl)C1=O. The zero-order valence-electron chi connectivity index (χ0n) is 15.9. The number of halogens is 2. The molecule has 1 aliphatic heterocycles. The van der Waals surface area contributed by atoms with Gasteiger partial charge in [-0.15, -0.1) is 0 Å². The molecule has 4 amide bonds. The van der Waals surface area contributed by atoms with Crippen molar-refractivity contribution in [3.05, 3.63) is 76.3 Å². The zero-order valence-corrected chi connectivity index (χ0v) is 17.4. The summed E-state index contributed by atoms with van der Waals surface area (Å²) in [5.41, 5.74) is -0.316. The number of anilines is 1. The lowest BCUT2D eigenvalue weighted by molar-refractivity contribution is -0.133. The van der Waals surface area contributed by atoms with E-state index in [9.17, 15) is 14.4 Å². The number of benzene rings is 3. The summed E-state index contributed by atoms with van der Waals surface area (Å²) in [6.07, 6.45) is 0. The molecule has 0 spiro atoms. The largest absolute Gasteiger partial charge is 0.325 e. The lowest BCUT2D eigenvalue weighted by Crippen LogP contribution is -2.42. The van der Waals surface area contributed by atoms with Crippen LogP contribution in [0.5, 0.6) is 0 Å². The monoisotopic (exact) mass is 441 g/mol. The first-order valence-corrected chi connectivity index (χ1v) is 9.93. The molecule has 0 saturated carbocycles. The molecule has 0 aliphatic carbocycles. The molecule has 3 aromatic carbocycles. The number of hydrogen-bond acceptors (Lipinski definition) is 3. The number of carbonyl (C=O) groups is 3. The van der Waals surface area contributed by atoms with Crippen LogP contribution in [-0.2, 0) is 15.1 Å². The molecule has 1 fully saturated rings. The van der Waals surface area contributed by atoms with Crippen molar-refractivity contribution in [3.63, 3.8) is 0 Å². The summed E-state index contributed by atoms with van der Waals surface area (Å²) in [6, 6.07) is 17.3. The standard InChI is InChI=1S/C22H17Cl2N3O3/c1-22(15-9-4-7-13-6-2-3-8-14(13)15)20(29)27(21(30)26-22)12-18(28)25-17-11-5-10-16(23)19(17)24/h2-11H,12H2,1H3,(H,25,28)(H,26,30). The van der Waals surface area contributed by atoms with E-state index in [0.717, 1.165) is 15.7 Å². The maximum absolute atomic E-state index is 13.2. The highest BCUT2D eigenvalue weighted by molar-refractivity contribution is 6.44. The molecule has 4 rings (SSSR count). The van der Waals surface area contributed by atoms with E-state index in [2.05, 4.69) is 10.6 Å². The van der Waals surface area contributed by atoms with Crippen LogP contribution in [0.1, 0.15) is 12.5 Å². The Morgan fingerprint density at radius 1 is 1.03 bits per heavy atom. The molecule has 0 bridgehead atoms. The second-order valence-corrected chi connectivity index (χ2v) is 7.91. The number of nitrogens with zero attached hydrogens (tertiary/aromatic N) is 1. The van der Waals surface area contributed by atoms with Crippen LogP contribution in [0.25, 0.3) is 10.8 Å². The summed E-state index contributed by atoms with van der Waals surface area (Å²) in [5, 5.41) is 7.60. The Morgan fingerprint density at radius 2 is 1.73 bits per heavy atom. The number of fused-ring (bicyclic) bond motifs is 1. The van der Waals surface area contributed by atoms with Crippen molar-refractivity contribution in [1.29, 1.82) is 0 Å². The minimum absolute atomic E-state index is 0.185. The van der Waals surface area contributed by atoms with E-state index in [1.807, 2.05) is 36.4 Å². The Labute approximate surface area is 182 Å². The average molecular weight is 442 g/mol. The number of rotatable bonds is 4. The number of imide groups is 1. The van der Waals surface area contributed by atoms with Gasteiger partial charge in [-0.2, -0.15) is 0 Å². The number of carbonyl (C=O) groups excluding carboxylic acids is 3. The Hall–Kier alpha value is -3.09. The molecular weight excluding hydrogens is 425 g/mol. The Kier molecular flexibility index (Phi) is 5.13. The highest BCUT2D eigenvalue weighted by Crippen LogP contribution is 2.34. The van der Waals surface area contributed by atoms with Crippen LogP contribution >= 0.6 is 23.2 Å². The van der Waals surface area contributed by atoms with E-state index in [4.69, 9.17) is 23.2 Å². The fourth-order valence-corrected chi connectivity index (χ4v) is 3.97. The fraction of sp³-hybridized carbons (Fsp3) is 0.136. The molecule has 152 valence electrons. The van der Waals surface area contributed by atoms with Crippen LogP contribution in [0.3, 0.4) is 0 Å². The number of nitrogens with one attached hydrogen (secondary N) is 2. The van der Waals surface area contributed by atoms with E-state index >= 15 is 0 Å². The van der Waals surface area contributed by atoms with Gasteiger partial charge in [0.15, 0.2) is 0 Å². The Bertz CT molecular complexity index is 1190. The molecule has 2 N–H and O–H groups in total. The van der Waals surface area contributed by atoms with E-state index in [-0.39, 0.29) is 10.0 Å². The summed E-state index contributed by atoms with van der Waals surface area (Å²) in [6.45, 7) is 1.19. The third-order valence-corrected chi connectivity index (χ3v) is 5.95. The van der Waals surface area contributed by atoms with Gasteiger partial charge in [-0.3, -0.25) is 14.5 Å². The van der Waals surface area contributed by atoms with Crippen molar-refractivity contribution in [3.8, 4) is 0 Å². The summed E-state index contributed by atoms with van der Waals surface area (Å²) < 4.78 is 0. The van der Waals surface area contributed by atoms with Gasteiger partial charge >= 0.3 is 6.03 Å². The van der Waals surface area contributed by atoms with Crippen LogP contribution in [0.4, 0.5) is 10.5 Å². The molecule has 3 aromatic rings. The molecule has 0 aromatic heterocycles. The van der Waals surface area contributed by atoms with Crippen molar-refractivity contribution in [1.82, 2.24) is 10.2 Å². The van der Waals surface area contributed by atoms with Gasteiger partial charge in [0.05, 0.1) is 15.7 Å². The predicted octanol–water partition coefficient (Wildman–Crippen LogP) is 4.55. The van der Waals surface area contributed by atoms with Crippen LogP contribution in [0.2, 0.25) is 10.0 Å². The summed E-state index contributed by atoms with van der Waals surface area (Å²) in [7, 11) is 0. The van der Waals surface area contributed by atoms with E-state index in [1.165, 1.54) is 0 Å². The van der Waals surface area contributed by atoms with Crippen molar-refractivity contribution in [2.45, 2.75) is 12.5 Å². The Morgan fingerprint density at radius 3 is 2.53 bits per heavy atom. The first kappa shape index (κ1) is 20.2. The lowest BCUT2D eigenvalue weighted by Gasteiger charge is -2.24. The predicted molar refractivity (Wildman–Crippen MR) is 117 cm³/mol. The molecule has 1 heterocycles. The third kappa shape index (κ3) is 3.38. The average Bonchev–Trinajstić information content (AvgIpc) is 2.95. The minimum atomic E-state index is -1.29. The zero-order chi connectivity index (χ0) is 21.5. The van der Waals surface area contributed by atoms with E-state index < -0.39 is 29.9 Å². The van der Waals surface area contributed by atoms with Gasteiger partial charge in [0.25, 0.3) is 5.91 Å². The van der Waals surface area contributed by atoms with Crippen molar-refractivity contribution < 1.29 is 14.4 Å². The molecule has 8 heteroatoms. The summed E-state index contributed by atoms with van der Waals surface area (Å²) in [5.74, 6) is -1.07. The van der Waals surface area contributed by atoms with Crippen molar-refractivity contribution >= 4 is 57.5 Å². The van der Waals surface area contributed by atoms with Gasteiger partial charge in [0.2, 0.25) is 5.91 Å². The molecule has 1 atom stereocenters. The lowest BCUT2D eigenvalue weighted by atomic mass is 9.88. The smallest absolute Gasteiger partial charge is 0.323 e. The quantitative estimate of drug-likeness (QED) is 0.582. The molecule has 1 saturated heterocycles. The minimum Gasteiger partial charge on any atom is -0.323 e. The van der Waals surface area contributed by atoms with Crippen LogP contribution < -0.4 is 10.6 Å². The number of amides is 4. The van der Waals surface area contributed by atoms with Gasteiger partial charge in [-0.05, 0) is 35.4 Å². The topological polar surface area (TPSA) is 78.5 Å².